The molecule has 0 bridgehead atoms. The van der Waals surface area contributed by atoms with Crippen LogP contribution in [-0.2, 0) is 20.9 Å². The molecule has 2 amide bonds. The second kappa shape index (κ2) is 7.51. The molecular formula is C14H20N2O4S. The summed E-state index contributed by atoms with van der Waals surface area (Å²) in [7, 11) is 1.72. The minimum absolute atomic E-state index is 0.0305. The summed E-state index contributed by atoms with van der Waals surface area (Å²) in [6.45, 7) is 2.76. The van der Waals surface area contributed by atoms with Crippen LogP contribution in [0.5, 0.6) is 0 Å². The number of carbonyl (C=O) groups is 2. The number of likely N-dealkylation sites (N-methyl/N-ethyl adjacent to an activating group) is 1. The number of rotatable bonds is 6. The Kier molecular flexibility index (Phi) is 5.69. The summed E-state index contributed by atoms with van der Waals surface area (Å²) in [4.78, 5) is 27.7. The van der Waals surface area contributed by atoms with Gasteiger partial charge in [0.2, 0.25) is 11.8 Å². The zero-order chi connectivity index (χ0) is 15.2. The van der Waals surface area contributed by atoms with Gasteiger partial charge in [0.25, 0.3) is 0 Å². The third kappa shape index (κ3) is 4.01. The molecule has 1 atom stereocenters. The van der Waals surface area contributed by atoms with Crippen molar-refractivity contribution in [3.05, 3.63) is 24.2 Å². The van der Waals surface area contributed by atoms with Crippen LogP contribution in [0, 0.1) is 0 Å². The van der Waals surface area contributed by atoms with Gasteiger partial charge in [-0.25, -0.2) is 0 Å². The molecule has 0 N–H and O–H groups in total. The lowest BCUT2D eigenvalue weighted by atomic mass is 10.2. The van der Waals surface area contributed by atoms with Gasteiger partial charge in [-0.15, -0.1) is 11.8 Å². The van der Waals surface area contributed by atoms with Crippen molar-refractivity contribution in [3.63, 3.8) is 0 Å². The third-order valence-corrected chi connectivity index (χ3v) is 4.28. The predicted octanol–water partition coefficient (Wildman–Crippen LogP) is 1.18. The maximum atomic E-state index is 12.5. The molecule has 0 saturated carbocycles. The van der Waals surface area contributed by atoms with Crippen LogP contribution in [0.1, 0.15) is 12.7 Å². The van der Waals surface area contributed by atoms with E-state index in [4.69, 9.17) is 9.15 Å². The Hall–Kier alpha value is -1.47. The molecule has 0 aliphatic carbocycles. The van der Waals surface area contributed by atoms with Crippen molar-refractivity contribution in [2.45, 2.75) is 19.5 Å². The van der Waals surface area contributed by atoms with E-state index in [1.165, 1.54) is 0 Å². The van der Waals surface area contributed by atoms with E-state index in [0.29, 0.717) is 24.8 Å². The van der Waals surface area contributed by atoms with Gasteiger partial charge in [0, 0.05) is 19.4 Å². The molecule has 1 aromatic rings. The second-order valence-electron chi connectivity index (χ2n) is 4.79. The van der Waals surface area contributed by atoms with E-state index < -0.39 is 6.04 Å². The summed E-state index contributed by atoms with van der Waals surface area (Å²) < 4.78 is 10.4. The summed E-state index contributed by atoms with van der Waals surface area (Å²) >= 11 is 1.58. The Labute approximate surface area is 128 Å². The average Bonchev–Trinajstić information content (AvgIpc) is 3.14. The van der Waals surface area contributed by atoms with Gasteiger partial charge >= 0.3 is 0 Å². The topological polar surface area (TPSA) is 63.0 Å². The van der Waals surface area contributed by atoms with Crippen molar-refractivity contribution in [1.29, 1.82) is 0 Å². The highest BCUT2D eigenvalue weighted by atomic mass is 32.2. The SMILES string of the molecule is CCOCC(=O)N1CSC[C@H]1C(=O)N(C)Cc1ccco1. The van der Waals surface area contributed by atoms with Crippen molar-refractivity contribution in [2.75, 3.05) is 31.9 Å². The second-order valence-corrected chi connectivity index (χ2v) is 5.79. The molecule has 0 aromatic carbocycles. The Bertz CT molecular complexity index is 477. The lowest BCUT2D eigenvalue weighted by molar-refractivity contribution is -0.145. The normalized spacial score (nSPS) is 18.0. The molecule has 21 heavy (non-hydrogen) atoms. The van der Waals surface area contributed by atoms with E-state index in [0.717, 1.165) is 5.76 Å². The third-order valence-electron chi connectivity index (χ3n) is 3.27. The first-order chi connectivity index (χ1) is 10.1. The lowest BCUT2D eigenvalue weighted by Gasteiger charge is -2.26. The number of ether oxygens (including phenoxy) is 1. The summed E-state index contributed by atoms with van der Waals surface area (Å²) in [5.74, 6) is 1.69. The molecule has 116 valence electrons. The highest BCUT2D eigenvalue weighted by Gasteiger charge is 2.36. The molecule has 0 radical (unpaired) electrons. The van der Waals surface area contributed by atoms with E-state index in [2.05, 4.69) is 0 Å². The summed E-state index contributed by atoms with van der Waals surface area (Å²) in [5.41, 5.74) is 0. The molecule has 1 fully saturated rings. The smallest absolute Gasteiger partial charge is 0.249 e. The molecule has 2 heterocycles. The Morgan fingerprint density at radius 3 is 3.05 bits per heavy atom. The van der Waals surface area contributed by atoms with Gasteiger partial charge in [0.05, 0.1) is 18.7 Å². The summed E-state index contributed by atoms with van der Waals surface area (Å²) in [6, 6.07) is 3.20. The van der Waals surface area contributed by atoms with Crippen LogP contribution in [0.3, 0.4) is 0 Å². The molecule has 7 heteroatoms. The molecule has 0 unspecified atom stereocenters. The minimum Gasteiger partial charge on any atom is -0.467 e. The average molecular weight is 312 g/mol. The fourth-order valence-electron chi connectivity index (χ4n) is 2.13. The Morgan fingerprint density at radius 2 is 2.38 bits per heavy atom. The van der Waals surface area contributed by atoms with Crippen LogP contribution >= 0.6 is 11.8 Å². The zero-order valence-corrected chi connectivity index (χ0v) is 13.1. The van der Waals surface area contributed by atoms with E-state index in [9.17, 15) is 9.59 Å². The fraction of sp³-hybridized carbons (Fsp3) is 0.571. The number of nitrogens with zero attached hydrogens (tertiary/aromatic N) is 2. The van der Waals surface area contributed by atoms with Crippen LogP contribution in [0.2, 0.25) is 0 Å². The van der Waals surface area contributed by atoms with Crippen LogP contribution in [0.4, 0.5) is 0 Å². The zero-order valence-electron chi connectivity index (χ0n) is 12.3. The van der Waals surface area contributed by atoms with Gasteiger partial charge in [-0.1, -0.05) is 0 Å². The van der Waals surface area contributed by atoms with E-state index in [1.54, 1.807) is 40.9 Å². The Balaban J connectivity index is 1.95. The maximum absolute atomic E-state index is 12.5. The van der Waals surface area contributed by atoms with Crippen LogP contribution in [-0.4, -0.2) is 59.5 Å². The van der Waals surface area contributed by atoms with Gasteiger partial charge in [-0.2, -0.15) is 0 Å². The largest absolute Gasteiger partial charge is 0.467 e. The number of hydrogen-bond donors (Lipinski definition) is 0. The fourth-order valence-corrected chi connectivity index (χ4v) is 3.31. The van der Waals surface area contributed by atoms with E-state index >= 15 is 0 Å². The van der Waals surface area contributed by atoms with Crippen molar-refractivity contribution in [1.82, 2.24) is 9.80 Å². The Morgan fingerprint density at radius 1 is 1.57 bits per heavy atom. The number of hydrogen-bond acceptors (Lipinski definition) is 5. The maximum Gasteiger partial charge on any atom is 0.249 e. The van der Waals surface area contributed by atoms with Gasteiger partial charge in [-0.3, -0.25) is 9.59 Å². The molecule has 1 aliphatic rings. The van der Waals surface area contributed by atoms with E-state index in [-0.39, 0.29) is 18.4 Å². The number of amides is 2. The molecule has 0 spiro atoms. The predicted molar refractivity (Wildman–Crippen MR) is 79.6 cm³/mol. The standard InChI is InChI=1S/C14H20N2O4S/c1-3-19-8-13(17)16-10-21-9-12(16)14(18)15(2)7-11-5-4-6-20-11/h4-6,12H,3,7-10H2,1-2H3/t12-/m0/s1. The number of thioether (sulfide) groups is 1. The van der Waals surface area contributed by atoms with Crippen LogP contribution in [0.15, 0.2) is 22.8 Å². The highest BCUT2D eigenvalue weighted by molar-refractivity contribution is 7.99. The monoisotopic (exact) mass is 312 g/mol. The number of furan rings is 1. The van der Waals surface area contributed by atoms with Crippen molar-refractivity contribution in [3.8, 4) is 0 Å². The first-order valence-corrected chi connectivity index (χ1v) is 8.01. The van der Waals surface area contributed by atoms with Gasteiger partial charge in [0.1, 0.15) is 18.4 Å². The van der Waals surface area contributed by atoms with Crippen LogP contribution in [0.25, 0.3) is 0 Å². The first-order valence-electron chi connectivity index (χ1n) is 6.85. The first kappa shape index (κ1) is 15.9. The molecular weight excluding hydrogens is 292 g/mol. The molecule has 2 rings (SSSR count). The summed E-state index contributed by atoms with van der Waals surface area (Å²) in [5, 5.41) is 0. The van der Waals surface area contributed by atoms with Crippen LogP contribution < -0.4 is 0 Å². The number of carbonyl (C=O) groups excluding carboxylic acids is 2. The highest BCUT2D eigenvalue weighted by Crippen LogP contribution is 2.23. The van der Waals surface area contributed by atoms with Gasteiger partial charge < -0.3 is 19.0 Å². The van der Waals surface area contributed by atoms with Gasteiger partial charge in [0.15, 0.2) is 0 Å². The molecule has 1 aliphatic heterocycles. The lowest BCUT2D eigenvalue weighted by Crippen LogP contribution is -2.48. The quantitative estimate of drug-likeness (QED) is 0.789. The van der Waals surface area contributed by atoms with E-state index in [1.807, 2.05) is 13.0 Å². The van der Waals surface area contributed by atoms with Crippen molar-refractivity contribution in [2.24, 2.45) is 0 Å². The molecule has 1 aromatic heterocycles. The molecule has 6 nitrogen and oxygen atoms in total. The van der Waals surface area contributed by atoms with Crippen molar-refractivity contribution >= 4 is 23.6 Å². The van der Waals surface area contributed by atoms with Crippen molar-refractivity contribution < 1.29 is 18.7 Å². The molecule has 1 saturated heterocycles. The van der Waals surface area contributed by atoms with Gasteiger partial charge in [-0.05, 0) is 19.1 Å². The minimum atomic E-state index is -0.414. The summed E-state index contributed by atoms with van der Waals surface area (Å²) in [6.07, 6.45) is 1.58.